The van der Waals surface area contributed by atoms with E-state index in [2.05, 4.69) is 69.8 Å². The number of methoxy groups -OCH3 is 1. The Balaban J connectivity index is 0.00000107. The fourth-order valence-corrected chi connectivity index (χ4v) is 4.72. The van der Waals surface area contributed by atoms with Crippen LogP contribution in [0.2, 0.25) is 0 Å². The van der Waals surface area contributed by atoms with Crippen LogP contribution in [0.3, 0.4) is 0 Å². The van der Waals surface area contributed by atoms with Crippen LogP contribution in [0.1, 0.15) is 27.0 Å². The molecule has 5 rings (SSSR count). The average Bonchev–Trinajstić information content (AvgIpc) is 2.97. The van der Waals surface area contributed by atoms with Gasteiger partial charge in [0.1, 0.15) is 12.4 Å². The Hall–Kier alpha value is -4.00. The van der Waals surface area contributed by atoms with Crippen molar-refractivity contribution in [3.63, 3.8) is 0 Å². The Morgan fingerprint density at radius 2 is 1.61 bits per heavy atom. The molecule has 6 heteroatoms. The van der Waals surface area contributed by atoms with E-state index in [-0.39, 0.29) is 6.04 Å². The van der Waals surface area contributed by atoms with Crippen LogP contribution in [0.4, 0.5) is 0 Å². The van der Waals surface area contributed by atoms with Crippen molar-refractivity contribution in [3.05, 3.63) is 113 Å². The summed E-state index contributed by atoms with van der Waals surface area (Å²) in [5, 5.41) is 2.75. The molecule has 0 bridgehead atoms. The van der Waals surface area contributed by atoms with Gasteiger partial charge in [-0.25, -0.2) is 4.98 Å². The lowest BCUT2D eigenvalue weighted by atomic mass is 9.92. The van der Waals surface area contributed by atoms with Crippen molar-refractivity contribution in [2.24, 2.45) is 0 Å². The summed E-state index contributed by atoms with van der Waals surface area (Å²) in [5.41, 5.74) is 6.04. The highest BCUT2D eigenvalue weighted by Gasteiger charge is 2.28. The fraction of sp³-hybridized carbons (Fsp3) is 0.250. The molecule has 0 amide bonds. The largest absolute Gasteiger partial charge is 0.492 e. The van der Waals surface area contributed by atoms with E-state index in [1.807, 2.05) is 44.4 Å². The maximum atomic E-state index is 11.6. The van der Waals surface area contributed by atoms with Crippen LogP contribution in [-0.4, -0.2) is 50.0 Å². The van der Waals surface area contributed by atoms with Crippen molar-refractivity contribution in [1.29, 1.82) is 0 Å². The molecular formula is C32H35N3O3. The van der Waals surface area contributed by atoms with Crippen LogP contribution in [0, 0.1) is 0 Å². The maximum Gasteiger partial charge on any atom is 0.223 e. The van der Waals surface area contributed by atoms with Crippen LogP contribution in [0.25, 0.3) is 11.1 Å². The smallest absolute Gasteiger partial charge is 0.223 e. The van der Waals surface area contributed by atoms with Crippen molar-refractivity contribution in [1.82, 2.24) is 15.2 Å². The predicted octanol–water partition coefficient (Wildman–Crippen LogP) is 5.41. The van der Waals surface area contributed by atoms with Crippen molar-refractivity contribution in [2.45, 2.75) is 25.6 Å². The highest BCUT2D eigenvalue weighted by molar-refractivity contribution is 5.82. The first kappa shape index (κ1) is 27.0. The summed E-state index contributed by atoms with van der Waals surface area (Å²) < 4.78 is 11.5. The van der Waals surface area contributed by atoms with Gasteiger partial charge in [0.2, 0.25) is 5.88 Å². The molecule has 3 aromatic carbocycles. The number of aromatic nitrogens is 1. The number of aldehydes is 1. The van der Waals surface area contributed by atoms with Crippen molar-refractivity contribution < 1.29 is 14.3 Å². The number of fused-ring (bicyclic) bond motifs is 1. The van der Waals surface area contributed by atoms with E-state index < -0.39 is 0 Å². The molecule has 1 N–H and O–H groups in total. The van der Waals surface area contributed by atoms with Gasteiger partial charge in [-0.2, -0.15) is 0 Å². The summed E-state index contributed by atoms with van der Waals surface area (Å²) in [4.78, 5) is 18.4. The molecule has 0 radical (unpaired) electrons. The van der Waals surface area contributed by atoms with Gasteiger partial charge in [0.15, 0.2) is 6.29 Å². The molecule has 38 heavy (non-hydrogen) atoms. The molecule has 1 aliphatic rings. The topological polar surface area (TPSA) is 63.7 Å². The second kappa shape index (κ2) is 13.5. The van der Waals surface area contributed by atoms with E-state index >= 15 is 0 Å². The monoisotopic (exact) mass is 509 g/mol. The molecule has 0 aliphatic carbocycles. The average molecular weight is 510 g/mol. The van der Waals surface area contributed by atoms with Crippen molar-refractivity contribution in [2.75, 3.05) is 27.8 Å². The number of ether oxygens (including phenoxy) is 2. The molecule has 196 valence electrons. The van der Waals surface area contributed by atoms with E-state index in [0.717, 1.165) is 48.2 Å². The number of benzene rings is 3. The van der Waals surface area contributed by atoms with E-state index in [4.69, 9.17) is 9.47 Å². The van der Waals surface area contributed by atoms with Gasteiger partial charge < -0.3 is 14.8 Å². The third-order valence-corrected chi connectivity index (χ3v) is 6.49. The Labute approximate surface area is 225 Å². The van der Waals surface area contributed by atoms with E-state index in [1.165, 1.54) is 18.2 Å². The second-order valence-electron chi connectivity index (χ2n) is 9.27. The van der Waals surface area contributed by atoms with E-state index in [9.17, 15) is 4.79 Å². The Bertz CT molecular complexity index is 1270. The minimum absolute atomic E-state index is 0.195. The zero-order valence-electron chi connectivity index (χ0n) is 22.3. The molecular weight excluding hydrogens is 474 g/mol. The van der Waals surface area contributed by atoms with E-state index in [1.54, 1.807) is 6.20 Å². The summed E-state index contributed by atoms with van der Waals surface area (Å²) in [5.74, 6) is 1.22. The second-order valence-corrected chi connectivity index (χ2v) is 9.27. The molecule has 0 saturated heterocycles. The van der Waals surface area contributed by atoms with Gasteiger partial charge in [-0.05, 0) is 49.3 Å². The van der Waals surface area contributed by atoms with Crippen LogP contribution < -0.4 is 14.8 Å². The zero-order chi connectivity index (χ0) is 26.7. The lowest BCUT2D eigenvalue weighted by Crippen LogP contribution is -2.42. The van der Waals surface area contributed by atoms with Gasteiger partial charge in [0.25, 0.3) is 0 Å². The number of rotatable bonds is 8. The molecule has 1 unspecified atom stereocenters. The van der Waals surface area contributed by atoms with Crippen LogP contribution in [-0.2, 0) is 19.5 Å². The number of carbonyl (C=O) groups excluding carboxylic acids is 1. The summed E-state index contributed by atoms with van der Waals surface area (Å²) in [6, 6.07) is 29.2. The Morgan fingerprint density at radius 1 is 0.974 bits per heavy atom. The third kappa shape index (κ3) is 6.65. The molecule has 0 spiro atoms. The highest BCUT2D eigenvalue weighted by Crippen LogP contribution is 2.36. The summed E-state index contributed by atoms with van der Waals surface area (Å²) in [7, 11) is 5.27. The van der Waals surface area contributed by atoms with Gasteiger partial charge in [-0.3, -0.25) is 9.69 Å². The quantitative estimate of drug-likeness (QED) is 0.321. The minimum atomic E-state index is 0.195. The van der Waals surface area contributed by atoms with Crippen molar-refractivity contribution >= 4 is 6.29 Å². The van der Waals surface area contributed by atoms with Gasteiger partial charge in [-0.1, -0.05) is 72.8 Å². The molecule has 6 nitrogen and oxygen atoms in total. The SMILES string of the molecule is CNC.COc1ncc(-c2cccc3c2CC(N(Cc2ccccc2)Cc2ccccc2)CO3)cc1C=O. The summed E-state index contributed by atoms with van der Waals surface area (Å²) >= 11 is 0. The lowest BCUT2D eigenvalue weighted by Gasteiger charge is -2.36. The van der Waals surface area contributed by atoms with E-state index in [0.29, 0.717) is 18.1 Å². The number of nitrogens with zero attached hydrogens (tertiary/aromatic N) is 2. The maximum absolute atomic E-state index is 11.6. The van der Waals surface area contributed by atoms with Gasteiger partial charge in [-0.15, -0.1) is 0 Å². The summed E-state index contributed by atoms with van der Waals surface area (Å²) in [6.07, 6.45) is 3.38. The molecule has 1 aromatic heterocycles. The molecule has 1 atom stereocenters. The van der Waals surface area contributed by atoms with Crippen molar-refractivity contribution in [3.8, 4) is 22.8 Å². The molecule has 0 fully saturated rings. The number of hydrogen-bond acceptors (Lipinski definition) is 6. The molecule has 0 saturated carbocycles. The van der Waals surface area contributed by atoms with Crippen LogP contribution in [0.5, 0.6) is 11.6 Å². The predicted molar refractivity (Wildman–Crippen MR) is 152 cm³/mol. The number of nitrogens with one attached hydrogen (secondary N) is 1. The van der Waals surface area contributed by atoms with Crippen LogP contribution >= 0.6 is 0 Å². The lowest BCUT2D eigenvalue weighted by molar-refractivity contribution is 0.106. The molecule has 1 aliphatic heterocycles. The fourth-order valence-electron chi connectivity index (χ4n) is 4.72. The Morgan fingerprint density at radius 3 is 2.18 bits per heavy atom. The normalized spacial score (nSPS) is 14.1. The number of carbonyl (C=O) groups is 1. The molecule has 4 aromatic rings. The number of hydrogen-bond donors (Lipinski definition) is 1. The Kier molecular flexibility index (Phi) is 9.62. The first-order valence-electron chi connectivity index (χ1n) is 12.8. The van der Waals surface area contributed by atoms with Gasteiger partial charge >= 0.3 is 0 Å². The molecule has 2 heterocycles. The van der Waals surface area contributed by atoms with Gasteiger partial charge in [0, 0.05) is 36.5 Å². The highest BCUT2D eigenvalue weighted by atomic mass is 16.5. The zero-order valence-corrected chi connectivity index (χ0v) is 22.3. The first-order chi connectivity index (χ1) is 18.7. The minimum Gasteiger partial charge on any atom is -0.492 e. The third-order valence-electron chi connectivity index (χ3n) is 6.49. The summed E-state index contributed by atoms with van der Waals surface area (Å²) in [6.45, 7) is 2.29. The number of pyridine rings is 1. The van der Waals surface area contributed by atoms with Gasteiger partial charge in [0.05, 0.1) is 12.7 Å². The van der Waals surface area contributed by atoms with Crippen LogP contribution in [0.15, 0.2) is 91.1 Å². The standard InChI is InChI=1S/C30H28N2O3.C2H7N/c1-34-30-25(20-33)15-24(17-31-30)27-13-8-14-29-28(27)16-26(21-35-29)32(18-22-9-4-2-5-10-22)19-23-11-6-3-7-12-23;1-3-2/h2-15,17,20,26H,16,18-19,21H2,1H3;3H,1-2H3. The first-order valence-corrected chi connectivity index (χ1v) is 12.8.